The minimum atomic E-state index is -4.74. The monoisotopic (exact) mass is 487 g/mol. The molecule has 0 saturated carbocycles. The summed E-state index contributed by atoms with van der Waals surface area (Å²) < 4.78 is 66.4. The van der Waals surface area contributed by atoms with Gasteiger partial charge in [-0.2, -0.15) is 23.2 Å². The lowest BCUT2D eigenvalue weighted by atomic mass is 10.1. The maximum absolute atomic E-state index is 12.8. The first-order valence-electron chi connectivity index (χ1n) is 9.76. The van der Waals surface area contributed by atoms with Crippen LogP contribution in [0.5, 0.6) is 0 Å². The number of aromatic nitrogens is 5. The highest BCUT2D eigenvalue weighted by atomic mass is 32.2. The van der Waals surface area contributed by atoms with Gasteiger partial charge in [0.25, 0.3) is 0 Å². The smallest absolute Gasteiger partial charge is 0.275 e. The fraction of sp³-hybridized carbons (Fsp3) is 0.190. The van der Waals surface area contributed by atoms with E-state index in [1.807, 2.05) is 6.92 Å². The van der Waals surface area contributed by atoms with Gasteiger partial charge < -0.3 is 0 Å². The van der Waals surface area contributed by atoms with Crippen LogP contribution in [0.4, 0.5) is 13.2 Å². The zero-order valence-electron chi connectivity index (χ0n) is 17.7. The third kappa shape index (κ3) is 4.20. The summed E-state index contributed by atoms with van der Waals surface area (Å²) in [6.45, 7) is 2.52. The molecular formula is C21H16F3N7O2S. The number of nitrogens with one attached hydrogen (secondary N) is 1. The van der Waals surface area contributed by atoms with Crippen molar-refractivity contribution in [1.82, 2.24) is 29.2 Å². The fourth-order valence-corrected chi connectivity index (χ4v) is 4.48. The molecule has 0 amide bonds. The van der Waals surface area contributed by atoms with E-state index >= 15 is 0 Å². The van der Waals surface area contributed by atoms with E-state index in [-0.39, 0.29) is 11.3 Å². The van der Waals surface area contributed by atoms with Crippen molar-refractivity contribution < 1.29 is 21.6 Å². The standard InChI is InChI=1S/C21H16F3N7O2S/c1-12-7-15-16(8-25)19(31(20(15)28-9-12)18-5-6-26-11-29-18)17-4-3-14(10-27-17)34(32,33)30-13(2)21(22,23)24/h3-7,9-11,13,30H,1-2H3. The Labute approximate surface area is 192 Å². The van der Waals surface area contributed by atoms with Crippen molar-refractivity contribution >= 4 is 21.1 Å². The van der Waals surface area contributed by atoms with Gasteiger partial charge in [-0.3, -0.25) is 9.55 Å². The lowest BCUT2D eigenvalue weighted by molar-refractivity contribution is -0.147. The van der Waals surface area contributed by atoms with E-state index in [9.17, 15) is 26.9 Å². The van der Waals surface area contributed by atoms with Crippen molar-refractivity contribution in [1.29, 1.82) is 5.26 Å². The Morgan fingerprint density at radius 2 is 1.91 bits per heavy atom. The van der Waals surface area contributed by atoms with Crippen LogP contribution in [0, 0.1) is 18.3 Å². The molecule has 9 nitrogen and oxygen atoms in total. The molecule has 4 rings (SSSR count). The summed E-state index contributed by atoms with van der Waals surface area (Å²) in [7, 11) is -4.49. The van der Waals surface area contributed by atoms with Crippen molar-refractivity contribution in [2.75, 3.05) is 0 Å². The molecule has 174 valence electrons. The highest BCUT2D eigenvalue weighted by Crippen LogP contribution is 2.34. The van der Waals surface area contributed by atoms with Crippen LogP contribution in [0.15, 0.2) is 54.1 Å². The second-order valence-corrected chi connectivity index (χ2v) is 9.10. The third-order valence-corrected chi connectivity index (χ3v) is 6.49. The maximum atomic E-state index is 12.8. The van der Waals surface area contributed by atoms with Crippen LogP contribution in [0.3, 0.4) is 0 Å². The van der Waals surface area contributed by atoms with Gasteiger partial charge in [-0.15, -0.1) is 0 Å². The van der Waals surface area contributed by atoms with Crippen LogP contribution in [-0.4, -0.2) is 45.1 Å². The van der Waals surface area contributed by atoms with Crippen molar-refractivity contribution in [3.8, 4) is 23.3 Å². The molecular weight excluding hydrogens is 471 g/mol. The average molecular weight is 487 g/mol. The Morgan fingerprint density at radius 3 is 2.50 bits per heavy atom. The summed E-state index contributed by atoms with van der Waals surface area (Å²) in [6, 6.07) is 5.68. The molecule has 0 spiro atoms. The minimum absolute atomic E-state index is 0.202. The molecule has 34 heavy (non-hydrogen) atoms. The number of halogens is 3. The summed E-state index contributed by atoms with van der Waals surface area (Å²) in [6.07, 6.45) is 0.645. The van der Waals surface area contributed by atoms with Gasteiger partial charge >= 0.3 is 6.18 Å². The summed E-state index contributed by atoms with van der Waals surface area (Å²) >= 11 is 0. The van der Waals surface area contributed by atoms with E-state index in [1.165, 1.54) is 18.6 Å². The van der Waals surface area contributed by atoms with Crippen LogP contribution in [0.25, 0.3) is 28.2 Å². The molecule has 0 aliphatic heterocycles. The number of hydrogen-bond donors (Lipinski definition) is 1. The van der Waals surface area contributed by atoms with Crippen molar-refractivity contribution in [3.63, 3.8) is 0 Å². The van der Waals surface area contributed by atoms with Gasteiger partial charge in [0.1, 0.15) is 34.8 Å². The molecule has 1 unspecified atom stereocenters. The third-order valence-electron chi connectivity index (χ3n) is 4.96. The topological polar surface area (TPSA) is 126 Å². The number of pyridine rings is 2. The number of alkyl halides is 3. The summed E-state index contributed by atoms with van der Waals surface area (Å²) in [5.41, 5.74) is 1.98. The van der Waals surface area contributed by atoms with Gasteiger partial charge in [-0.1, -0.05) is 0 Å². The van der Waals surface area contributed by atoms with E-state index in [1.54, 1.807) is 27.6 Å². The van der Waals surface area contributed by atoms with E-state index in [0.717, 1.165) is 17.8 Å². The van der Waals surface area contributed by atoms with Crippen LogP contribution < -0.4 is 4.72 Å². The molecule has 1 atom stereocenters. The van der Waals surface area contributed by atoms with Crippen LogP contribution in [0.2, 0.25) is 0 Å². The molecule has 0 bridgehead atoms. The van der Waals surface area contributed by atoms with Crippen molar-refractivity contribution in [2.45, 2.75) is 31.0 Å². The van der Waals surface area contributed by atoms with E-state index < -0.39 is 27.1 Å². The van der Waals surface area contributed by atoms with Gasteiger partial charge in [0.15, 0.2) is 0 Å². The SMILES string of the molecule is Cc1cnc2c(c1)c(C#N)c(-c1ccc(S(=O)(=O)NC(C)C(F)(F)F)cn1)n2-c1ccncn1. The molecule has 1 N–H and O–H groups in total. The van der Waals surface area contributed by atoms with Gasteiger partial charge in [0.2, 0.25) is 10.0 Å². The second-order valence-electron chi connectivity index (χ2n) is 7.39. The Kier molecular flexibility index (Phi) is 5.80. The highest BCUT2D eigenvalue weighted by Gasteiger charge is 2.39. The Bertz CT molecular complexity index is 1510. The average Bonchev–Trinajstić information content (AvgIpc) is 3.12. The molecule has 0 saturated heterocycles. The van der Waals surface area contributed by atoms with Crippen molar-refractivity contribution in [2.24, 2.45) is 0 Å². The molecule has 13 heteroatoms. The molecule has 0 radical (unpaired) electrons. The first-order valence-corrected chi connectivity index (χ1v) is 11.2. The van der Waals surface area contributed by atoms with Crippen LogP contribution in [-0.2, 0) is 10.0 Å². The van der Waals surface area contributed by atoms with Gasteiger partial charge in [0, 0.05) is 24.0 Å². The number of sulfonamides is 1. The van der Waals surface area contributed by atoms with Gasteiger partial charge in [0.05, 0.1) is 17.0 Å². The Balaban J connectivity index is 1.87. The van der Waals surface area contributed by atoms with Crippen LogP contribution >= 0.6 is 0 Å². The Hall–Kier alpha value is -3.89. The van der Waals surface area contributed by atoms with E-state index in [2.05, 4.69) is 26.0 Å². The molecule has 4 heterocycles. The largest absolute Gasteiger partial charge is 0.404 e. The predicted octanol–water partition coefficient (Wildman–Crippen LogP) is 3.29. The second kappa shape index (κ2) is 8.47. The zero-order chi connectivity index (χ0) is 24.7. The molecule has 0 fully saturated rings. The summed E-state index contributed by atoms with van der Waals surface area (Å²) in [5.74, 6) is 0.395. The lowest BCUT2D eigenvalue weighted by Gasteiger charge is -2.17. The van der Waals surface area contributed by atoms with Crippen LogP contribution in [0.1, 0.15) is 18.1 Å². The highest BCUT2D eigenvalue weighted by molar-refractivity contribution is 7.89. The summed E-state index contributed by atoms with van der Waals surface area (Å²) in [4.78, 5) is 16.3. The first-order chi connectivity index (χ1) is 16.0. The number of nitriles is 1. The number of rotatable bonds is 5. The number of fused-ring (bicyclic) bond motifs is 1. The fourth-order valence-electron chi connectivity index (χ4n) is 3.31. The van der Waals surface area contributed by atoms with Gasteiger partial charge in [-0.05, 0) is 43.7 Å². The first kappa shape index (κ1) is 23.3. The molecule has 0 aromatic carbocycles. The predicted molar refractivity (Wildman–Crippen MR) is 115 cm³/mol. The lowest BCUT2D eigenvalue weighted by Crippen LogP contribution is -2.42. The van der Waals surface area contributed by atoms with Crippen molar-refractivity contribution in [3.05, 3.63) is 60.3 Å². The van der Waals surface area contributed by atoms with E-state index in [4.69, 9.17) is 0 Å². The molecule has 0 aliphatic carbocycles. The zero-order valence-corrected chi connectivity index (χ0v) is 18.6. The molecule has 4 aromatic heterocycles. The molecule has 4 aromatic rings. The number of nitrogens with zero attached hydrogens (tertiary/aromatic N) is 6. The van der Waals surface area contributed by atoms with E-state index in [0.29, 0.717) is 29.5 Å². The Morgan fingerprint density at radius 1 is 1.15 bits per heavy atom. The quantitative estimate of drug-likeness (QED) is 0.458. The summed E-state index contributed by atoms with van der Waals surface area (Å²) in [5, 5.41) is 10.5. The number of aryl methyl sites for hydroxylation is 1. The van der Waals surface area contributed by atoms with Gasteiger partial charge in [-0.25, -0.2) is 23.4 Å². The minimum Gasteiger partial charge on any atom is -0.275 e. The molecule has 0 aliphatic rings. The normalized spacial score (nSPS) is 13.1. The maximum Gasteiger partial charge on any atom is 0.404 e. The number of hydrogen-bond acceptors (Lipinski definition) is 7.